The van der Waals surface area contributed by atoms with Crippen LogP contribution in [0.3, 0.4) is 0 Å². The van der Waals surface area contributed by atoms with Gasteiger partial charge in [0, 0.05) is 12.8 Å². The Bertz CT molecular complexity index is 1220. The van der Waals surface area contributed by atoms with Crippen LogP contribution in [0.1, 0.15) is 149 Å². The van der Waals surface area contributed by atoms with Crippen molar-refractivity contribution in [1.82, 2.24) is 0 Å². The van der Waals surface area contributed by atoms with Crippen LogP contribution in [0.5, 0.6) is 0 Å². The van der Waals surface area contributed by atoms with Crippen LogP contribution in [0.25, 0.3) is 0 Å². The number of hydrogen-bond donors (Lipinski definition) is 4. The van der Waals surface area contributed by atoms with E-state index in [9.17, 15) is 30.0 Å². The highest BCUT2D eigenvalue weighted by molar-refractivity contribution is 5.70. The van der Waals surface area contributed by atoms with E-state index in [4.69, 9.17) is 18.9 Å². The Kier molecular flexibility index (Phi) is 34.8. The zero-order chi connectivity index (χ0) is 42.3. The number of esters is 2. The lowest BCUT2D eigenvalue weighted by molar-refractivity contribution is -0.305. The zero-order valence-corrected chi connectivity index (χ0v) is 35.8. The molecule has 0 saturated carbocycles. The van der Waals surface area contributed by atoms with Gasteiger partial charge in [-0.1, -0.05) is 144 Å². The first-order chi connectivity index (χ1) is 28.3. The molecule has 58 heavy (non-hydrogen) atoms. The Morgan fingerprint density at radius 1 is 0.552 bits per heavy atom. The van der Waals surface area contributed by atoms with Crippen molar-refractivity contribution in [2.75, 3.05) is 19.8 Å². The molecule has 0 aliphatic carbocycles. The van der Waals surface area contributed by atoms with E-state index in [1.54, 1.807) is 0 Å². The average Bonchev–Trinajstić information content (AvgIpc) is 3.22. The maximum atomic E-state index is 12.7. The first-order valence-electron chi connectivity index (χ1n) is 22.2. The van der Waals surface area contributed by atoms with Gasteiger partial charge in [0.05, 0.1) is 13.2 Å². The van der Waals surface area contributed by atoms with Crippen LogP contribution >= 0.6 is 0 Å². The number of unbranched alkanes of at least 4 members (excludes halogenated alkanes) is 10. The number of aliphatic hydroxyl groups is 4. The molecule has 0 spiro atoms. The summed E-state index contributed by atoms with van der Waals surface area (Å²) in [4.78, 5) is 25.3. The summed E-state index contributed by atoms with van der Waals surface area (Å²) >= 11 is 0. The van der Waals surface area contributed by atoms with Gasteiger partial charge in [0.1, 0.15) is 31.0 Å². The monoisotopic (exact) mass is 815 g/mol. The van der Waals surface area contributed by atoms with Gasteiger partial charge in [-0.2, -0.15) is 0 Å². The number of hydrogen-bond acceptors (Lipinski definition) is 10. The van der Waals surface area contributed by atoms with Crippen molar-refractivity contribution in [3.05, 3.63) is 85.1 Å². The van der Waals surface area contributed by atoms with E-state index in [-0.39, 0.29) is 26.1 Å². The van der Waals surface area contributed by atoms with E-state index < -0.39 is 55.4 Å². The molecule has 0 radical (unpaired) electrons. The van der Waals surface area contributed by atoms with E-state index in [2.05, 4.69) is 86.8 Å². The largest absolute Gasteiger partial charge is 0.462 e. The molecular weight excluding hydrogens is 737 g/mol. The lowest BCUT2D eigenvalue weighted by Gasteiger charge is -2.39. The van der Waals surface area contributed by atoms with E-state index >= 15 is 0 Å². The second-order valence-corrected chi connectivity index (χ2v) is 14.8. The Labute approximate surface area is 350 Å². The normalized spacial score (nSPS) is 21.0. The van der Waals surface area contributed by atoms with E-state index in [0.29, 0.717) is 12.8 Å². The lowest BCUT2D eigenvalue weighted by atomic mass is 9.99. The molecule has 0 aromatic heterocycles. The topological polar surface area (TPSA) is 152 Å². The number of carbonyl (C=O) groups is 2. The van der Waals surface area contributed by atoms with Gasteiger partial charge < -0.3 is 39.4 Å². The average molecular weight is 815 g/mol. The Morgan fingerprint density at radius 3 is 1.60 bits per heavy atom. The third-order valence-electron chi connectivity index (χ3n) is 9.53. The van der Waals surface area contributed by atoms with Crippen LogP contribution in [-0.2, 0) is 28.5 Å². The van der Waals surface area contributed by atoms with E-state index in [1.165, 1.54) is 32.1 Å². The molecule has 4 N–H and O–H groups in total. The summed E-state index contributed by atoms with van der Waals surface area (Å²) in [6.45, 7) is 3.20. The summed E-state index contributed by atoms with van der Waals surface area (Å²) in [5.41, 5.74) is 0. The molecule has 1 aliphatic heterocycles. The van der Waals surface area contributed by atoms with Crippen molar-refractivity contribution in [1.29, 1.82) is 0 Å². The molecule has 6 unspecified atom stereocenters. The summed E-state index contributed by atoms with van der Waals surface area (Å²) < 4.78 is 22.0. The fraction of sp³-hybridized carbons (Fsp3) is 0.667. The molecule has 10 heteroatoms. The summed E-state index contributed by atoms with van der Waals surface area (Å²) in [6.07, 6.45) is 41.7. The molecule has 0 aromatic carbocycles. The quantitative estimate of drug-likeness (QED) is 0.0277. The van der Waals surface area contributed by atoms with Gasteiger partial charge >= 0.3 is 11.9 Å². The molecule has 1 aliphatic rings. The SMILES string of the molecule is CC/C=C\C/C=C\C/C=C\C/C=C\C/C=C\C/C=C\CCC(=O)OC(COC(=O)CCCCCCC/C=C\CCCCCCC)COC1OC(CO)C(O)C(O)C1O. The molecule has 1 saturated heterocycles. The first-order valence-corrected chi connectivity index (χ1v) is 22.2. The number of allylic oxidation sites excluding steroid dienone is 14. The van der Waals surface area contributed by atoms with Gasteiger partial charge in [-0.3, -0.25) is 9.59 Å². The smallest absolute Gasteiger partial charge is 0.306 e. The summed E-state index contributed by atoms with van der Waals surface area (Å²) in [7, 11) is 0. The van der Waals surface area contributed by atoms with Crippen LogP contribution < -0.4 is 0 Å². The first kappa shape index (κ1) is 52.9. The fourth-order valence-corrected chi connectivity index (χ4v) is 6.03. The van der Waals surface area contributed by atoms with E-state index in [1.807, 2.05) is 12.2 Å². The molecule has 1 rings (SSSR count). The van der Waals surface area contributed by atoms with Gasteiger partial charge in [0.2, 0.25) is 0 Å². The van der Waals surface area contributed by atoms with E-state index in [0.717, 1.165) is 77.0 Å². The molecule has 6 atom stereocenters. The van der Waals surface area contributed by atoms with Crippen LogP contribution in [-0.4, -0.2) is 89.0 Å². The third-order valence-corrected chi connectivity index (χ3v) is 9.53. The van der Waals surface area contributed by atoms with Crippen LogP contribution in [0.2, 0.25) is 0 Å². The van der Waals surface area contributed by atoms with Gasteiger partial charge in [0.25, 0.3) is 0 Å². The van der Waals surface area contributed by atoms with Gasteiger partial charge in [-0.15, -0.1) is 0 Å². The number of rotatable bonds is 35. The van der Waals surface area contributed by atoms with Crippen molar-refractivity contribution in [3.63, 3.8) is 0 Å². The number of aliphatic hydroxyl groups excluding tert-OH is 4. The zero-order valence-electron chi connectivity index (χ0n) is 35.8. The van der Waals surface area contributed by atoms with Crippen LogP contribution in [0.15, 0.2) is 85.1 Å². The minimum Gasteiger partial charge on any atom is -0.462 e. The highest BCUT2D eigenvalue weighted by Crippen LogP contribution is 2.22. The maximum Gasteiger partial charge on any atom is 0.306 e. The van der Waals surface area contributed by atoms with Gasteiger partial charge in [-0.05, 0) is 77.0 Å². The van der Waals surface area contributed by atoms with Crippen molar-refractivity contribution < 1.29 is 49.0 Å². The molecule has 0 amide bonds. The molecule has 1 fully saturated rings. The highest BCUT2D eigenvalue weighted by Gasteiger charge is 2.44. The Balaban J connectivity index is 2.42. The maximum absolute atomic E-state index is 12.7. The second kappa shape index (κ2) is 38.1. The summed E-state index contributed by atoms with van der Waals surface area (Å²) in [5.74, 6) is -0.923. The van der Waals surface area contributed by atoms with Crippen LogP contribution in [0.4, 0.5) is 0 Å². The second-order valence-electron chi connectivity index (χ2n) is 14.8. The van der Waals surface area contributed by atoms with Gasteiger partial charge in [0.15, 0.2) is 12.4 Å². The molecule has 10 nitrogen and oxygen atoms in total. The summed E-state index contributed by atoms with van der Waals surface area (Å²) in [6, 6.07) is 0. The van der Waals surface area contributed by atoms with Crippen molar-refractivity contribution in [2.24, 2.45) is 0 Å². The Morgan fingerprint density at radius 2 is 1.05 bits per heavy atom. The van der Waals surface area contributed by atoms with Gasteiger partial charge in [-0.25, -0.2) is 0 Å². The molecular formula is C48H78O10. The molecule has 0 bridgehead atoms. The summed E-state index contributed by atoms with van der Waals surface area (Å²) in [5, 5.41) is 40.0. The molecule has 1 heterocycles. The highest BCUT2D eigenvalue weighted by atomic mass is 16.7. The van der Waals surface area contributed by atoms with Crippen LogP contribution in [0, 0.1) is 0 Å². The van der Waals surface area contributed by atoms with Crippen molar-refractivity contribution >= 4 is 11.9 Å². The number of carbonyl (C=O) groups excluding carboxylic acids is 2. The third kappa shape index (κ3) is 29.1. The Hall–Kier alpha value is -3.12. The number of ether oxygens (including phenoxy) is 4. The minimum atomic E-state index is -1.61. The molecule has 330 valence electrons. The van der Waals surface area contributed by atoms with Crippen molar-refractivity contribution in [3.8, 4) is 0 Å². The lowest BCUT2D eigenvalue weighted by Crippen LogP contribution is -2.59. The fourth-order valence-electron chi connectivity index (χ4n) is 6.03. The minimum absolute atomic E-state index is 0.0987. The predicted molar refractivity (Wildman–Crippen MR) is 233 cm³/mol. The van der Waals surface area contributed by atoms with Crippen molar-refractivity contribution in [2.45, 2.75) is 185 Å². The predicted octanol–water partition coefficient (Wildman–Crippen LogP) is 9.38. The standard InChI is InChI=1S/C48H78O10/c1-3-5-7-9-11-13-15-17-19-20-21-22-23-25-27-29-31-33-35-37-44(51)57-41(40-56-48-47(54)46(53)45(52)42(38-49)58-48)39-55-43(50)36-34-32-30-28-26-24-18-16-14-12-10-8-6-4-2/h5,7,11,13,16-19,21-22,25,27,31,33,41-42,45-49,52-54H,3-4,6,8-10,12,14-15,20,23-24,26,28-30,32,34-40H2,1-2H3/b7-5-,13-11-,18-16-,19-17-,22-21-,27-25-,33-31-. The molecule has 0 aromatic rings.